The van der Waals surface area contributed by atoms with Gasteiger partial charge in [-0.1, -0.05) is 11.6 Å². The van der Waals surface area contributed by atoms with Gasteiger partial charge in [-0.2, -0.15) is 5.26 Å². The molecule has 0 aliphatic carbocycles. The second kappa shape index (κ2) is 9.63. The normalized spacial score (nSPS) is 10.9. The Labute approximate surface area is 190 Å². The molecule has 0 saturated carbocycles. The lowest BCUT2D eigenvalue weighted by atomic mass is 10.1. The van der Waals surface area contributed by atoms with Crippen molar-refractivity contribution in [3.8, 4) is 23.1 Å². The van der Waals surface area contributed by atoms with E-state index in [0.29, 0.717) is 5.56 Å². The van der Waals surface area contributed by atoms with Crippen molar-refractivity contribution in [1.29, 1.82) is 5.26 Å². The molecule has 0 bridgehead atoms. The molecule has 0 radical (unpaired) electrons. The minimum Gasteiger partial charge on any atom is -0.496 e. The van der Waals surface area contributed by atoms with Crippen molar-refractivity contribution in [3.05, 3.63) is 85.1 Å². The average Bonchev–Trinajstić information content (AvgIpc) is 3.25. The van der Waals surface area contributed by atoms with Crippen molar-refractivity contribution < 1.29 is 23.8 Å². The Kier molecular flexibility index (Phi) is 6.71. The van der Waals surface area contributed by atoms with Gasteiger partial charge in [0, 0.05) is 23.8 Å². The summed E-state index contributed by atoms with van der Waals surface area (Å²) in [6.07, 6.45) is 1.15. The lowest BCUT2D eigenvalue weighted by Crippen LogP contribution is -2.14. The molecular weight excluding hydrogens is 456 g/mol. The Morgan fingerprint density at radius 2 is 1.91 bits per heavy atom. The van der Waals surface area contributed by atoms with Crippen LogP contribution in [0.2, 0.25) is 5.02 Å². The van der Waals surface area contributed by atoms with Gasteiger partial charge in [0.1, 0.15) is 34.6 Å². The van der Waals surface area contributed by atoms with Crippen molar-refractivity contribution in [2.75, 3.05) is 12.4 Å². The zero-order valence-electron chi connectivity index (χ0n) is 16.8. The molecule has 33 heavy (non-hydrogen) atoms. The number of rotatable bonds is 7. The molecule has 1 aromatic heterocycles. The fourth-order valence-electron chi connectivity index (χ4n) is 2.77. The van der Waals surface area contributed by atoms with E-state index in [0.717, 1.165) is 12.1 Å². The number of nitro benzene ring substituents is 2. The summed E-state index contributed by atoms with van der Waals surface area (Å²) >= 11 is 6.09. The zero-order chi connectivity index (χ0) is 24.1. The number of nitrogens with zero attached hydrogens (tertiary/aromatic N) is 3. The van der Waals surface area contributed by atoms with Gasteiger partial charge in [0.05, 0.1) is 28.0 Å². The van der Waals surface area contributed by atoms with Crippen LogP contribution in [0.1, 0.15) is 5.76 Å². The highest BCUT2D eigenvalue weighted by atomic mass is 35.5. The number of ether oxygens (including phenoxy) is 1. The van der Waals surface area contributed by atoms with Gasteiger partial charge in [-0.15, -0.1) is 0 Å². The fourth-order valence-corrected chi connectivity index (χ4v) is 3.04. The molecule has 0 spiro atoms. The molecule has 166 valence electrons. The van der Waals surface area contributed by atoms with Crippen LogP contribution in [0.3, 0.4) is 0 Å². The summed E-state index contributed by atoms with van der Waals surface area (Å²) < 4.78 is 10.5. The summed E-state index contributed by atoms with van der Waals surface area (Å²) in [7, 11) is 1.34. The number of carbonyl (C=O) groups is 1. The van der Waals surface area contributed by atoms with Crippen LogP contribution >= 0.6 is 11.6 Å². The first-order valence-corrected chi connectivity index (χ1v) is 9.41. The largest absolute Gasteiger partial charge is 0.496 e. The lowest BCUT2D eigenvalue weighted by Gasteiger charge is -2.07. The molecular formula is C21H13ClN4O7. The smallest absolute Gasteiger partial charge is 0.296 e. The first-order chi connectivity index (χ1) is 15.7. The quantitative estimate of drug-likeness (QED) is 0.220. The number of halogens is 1. The topological polar surface area (TPSA) is 162 Å². The van der Waals surface area contributed by atoms with Crippen LogP contribution in [-0.4, -0.2) is 22.9 Å². The van der Waals surface area contributed by atoms with E-state index >= 15 is 0 Å². The third-order valence-electron chi connectivity index (χ3n) is 4.36. The minimum atomic E-state index is -0.892. The highest BCUT2D eigenvalue weighted by Gasteiger charge is 2.20. The monoisotopic (exact) mass is 468 g/mol. The average molecular weight is 469 g/mol. The Balaban J connectivity index is 1.86. The van der Waals surface area contributed by atoms with Crippen molar-refractivity contribution in [2.24, 2.45) is 0 Å². The molecule has 0 atom stereocenters. The maximum Gasteiger partial charge on any atom is 0.296 e. The van der Waals surface area contributed by atoms with Crippen LogP contribution in [0.25, 0.3) is 17.4 Å². The number of benzene rings is 2. The molecule has 11 nitrogen and oxygen atoms in total. The number of non-ortho nitro benzene ring substituents is 1. The number of hydrogen-bond donors (Lipinski definition) is 1. The van der Waals surface area contributed by atoms with E-state index in [1.807, 2.05) is 0 Å². The Morgan fingerprint density at radius 3 is 2.52 bits per heavy atom. The highest BCUT2D eigenvalue weighted by molar-refractivity contribution is 6.33. The first-order valence-electron chi connectivity index (χ1n) is 9.03. The summed E-state index contributed by atoms with van der Waals surface area (Å²) in [6, 6.07) is 12.4. The number of hydrogen-bond acceptors (Lipinski definition) is 8. The van der Waals surface area contributed by atoms with Gasteiger partial charge in [0.15, 0.2) is 0 Å². The number of amides is 1. The van der Waals surface area contributed by atoms with Crippen LogP contribution in [0, 0.1) is 31.6 Å². The molecule has 2 aromatic carbocycles. The predicted octanol–water partition coefficient (Wildman–Crippen LogP) is 4.97. The molecule has 0 aliphatic rings. The third-order valence-corrected chi connectivity index (χ3v) is 4.67. The summed E-state index contributed by atoms with van der Waals surface area (Å²) in [6.45, 7) is 0. The summed E-state index contributed by atoms with van der Waals surface area (Å²) in [5, 5.41) is 33.9. The summed E-state index contributed by atoms with van der Waals surface area (Å²) in [4.78, 5) is 33.4. The van der Waals surface area contributed by atoms with Gasteiger partial charge < -0.3 is 14.5 Å². The van der Waals surface area contributed by atoms with Crippen LogP contribution in [-0.2, 0) is 4.79 Å². The second-order valence-corrected chi connectivity index (χ2v) is 6.79. The molecule has 1 amide bonds. The minimum absolute atomic E-state index is 0.0825. The Morgan fingerprint density at radius 1 is 1.15 bits per heavy atom. The Hall–Kier alpha value is -4.69. The Bertz CT molecular complexity index is 1340. The molecule has 1 N–H and O–H groups in total. The van der Waals surface area contributed by atoms with Crippen LogP contribution < -0.4 is 10.1 Å². The maximum absolute atomic E-state index is 12.5. The van der Waals surface area contributed by atoms with Gasteiger partial charge in [0.25, 0.3) is 17.3 Å². The number of carbonyl (C=O) groups excluding carboxylic acids is 1. The number of nitro groups is 2. The predicted molar refractivity (Wildman–Crippen MR) is 118 cm³/mol. The summed E-state index contributed by atoms with van der Waals surface area (Å²) in [5.74, 6) is -0.291. The number of anilines is 1. The third kappa shape index (κ3) is 5.15. The number of furan rings is 1. The van der Waals surface area contributed by atoms with E-state index in [1.165, 1.54) is 49.6 Å². The van der Waals surface area contributed by atoms with Gasteiger partial charge >= 0.3 is 0 Å². The van der Waals surface area contributed by atoms with Crippen molar-refractivity contribution in [1.82, 2.24) is 0 Å². The first kappa shape index (κ1) is 23.0. The molecule has 12 heteroatoms. The van der Waals surface area contributed by atoms with Crippen molar-refractivity contribution >= 4 is 40.6 Å². The number of methoxy groups -OCH3 is 1. The molecule has 0 saturated heterocycles. The van der Waals surface area contributed by atoms with E-state index in [9.17, 15) is 30.3 Å². The van der Waals surface area contributed by atoms with Gasteiger partial charge in [0.2, 0.25) is 0 Å². The maximum atomic E-state index is 12.5. The second-order valence-electron chi connectivity index (χ2n) is 6.39. The molecule has 1 heterocycles. The van der Waals surface area contributed by atoms with E-state index in [2.05, 4.69) is 5.32 Å². The van der Waals surface area contributed by atoms with E-state index < -0.39 is 21.4 Å². The van der Waals surface area contributed by atoms with E-state index in [1.54, 1.807) is 6.07 Å². The highest BCUT2D eigenvalue weighted by Crippen LogP contribution is 2.33. The molecule has 3 rings (SSSR count). The van der Waals surface area contributed by atoms with Crippen molar-refractivity contribution in [2.45, 2.75) is 0 Å². The van der Waals surface area contributed by atoms with Crippen LogP contribution in [0.15, 0.2) is 58.5 Å². The van der Waals surface area contributed by atoms with Crippen molar-refractivity contribution in [3.63, 3.8) is 0 Å². The molecule has 3 aromatic rings. The fraction of sp³-hybridized carbons (Fsp3) is 0.0476. The SMILES string of the molecule is COc1ccc(NC(=O)/C(C#N)=C/c2ccc(-c3ccc([N+](=O)[O-])cc3Cl)o2)c([N+](=O)[O-])c1. The van der Waals surface area contributed by atoms with Gasteiger partial charge in [-0.05, 0) is 30.3 Å². The summed E-state index contributed by atoms with van der Waals surface area (Å²) in [5.41, 5.74) is -0.723. The van der Waals surface area contributed by atoms with E-state index in [-0.39, 0.29) is 39.2 Å². The number of nitriles is 1. The molecule has 0 aliphatic heterocycles. The van der Waals surface area contributed by atoms with Crippen LogP contribution in [0.4, 0.5) is 17.1 Å². The standard InChI is InChI=1S/C21H13ClN4O7/c1-32-14-3-6-18(19(10-14)26(30)31)24-21(27)12(11-23)8-15-4-7-20(33-15)16-5-2-13(25(28)29)9-17(16)22/h2-10H,1H3,(H,24,27)/b12-8+. The van der Waals surface area contributed by atoms with Gasteiger partial charge in [-0.3, -0.25) is 25.0 Å². The lowest BCUT2D eigenvalue weighted by molar-refractivity contribution is -0.384. The van der Waals surface area contributed by atoms with Crippen LogP contribution in [0.5, 0.6) is 5.75 Å². The molecule has 0 unspecified atom stereocenters. The molecule has 0 fully saturated rings. The zero-order valence-corrected chi connectivity index (χ0v) is 17.5. The van der Waals surface area contributed by atoms with E-state index in [4.69, 9.17) is 20.8 Å². The van der Waals surface area contributed by atoms with Gasteiger partial charge in [-0.25, -0.2) is 0 Å². The number of nitrogens with one attached hydrogen (secondary N) is 1.